The van der Waals surface area contributed by atoms with Crippen LogP contribution in [0.1, 0.15) is 28.5 Å². The van der Waals surface area contributed by atoms with Crippen LogP contribution in [-0.4, -0.2) is 30.5 Å². The molecule has 0 aliphatic carbocycles. The van der Waals surface area contributed by atoms with Gasteiger partial charge in [0.25, 0.3) is 5.91 Å². The second kappa shape index (κ2) is 7.26. The molecular formula is C21H22N6O. The van der Waals surface area contributed by atoms with Crippen molar-refractivity contribution in [3.63, 3.8) is 0 Å². The van der Waals surface area contributed by atoms with Crippen LogP contribution in [0.5, 0.6) is 0 Å². The average Bonchev–Trinajstić information content (AvgIpc) is 3.29. The number of benzene rings is 1. The molecule has 0 aliphatic heterocycles. The molecule has 0 saturated heterocycles. The third-order valence-electron chi connectivity index (χ3n) is 5.00. The van der Waals surface area contributed by atoms with Crippen molar-refractivity contribution in [1.29, 1.82) is 0 Å². The maximum Gasteiger partial charge on any atom is 0.252 e. The number of carbonyl (C=O) groups excluding carboxylic acids is 1. The molecule has 142 valence electrons. The van der Waals surface area contributed by atoms with Gasteiger partial charge < -0.3 is 5.32 Å². The summed E-state index contributed by atoms with van der Waals surface area (Å²) < 4.78 is 3.61. The predicted molar refractivity (Wildman–Crippen MR) is 108 cm³/mol. The summed E-state index contributed by atoms with van der Waals surface area (Å²) in [5, 5.41) is 12.4. The zero-order valence-electron chi connectivity index (χ0n) is 16.2. The van der Waals surface area contributed by atoms with E-state index in [9.17, 15) is 4.79 Å². The van der Waals surface area contributed by atoms with Gasteiger partial charge in [-0.05, 0) is 19.9 Å². The smallest absolute Gasteiger partial charge is 0.252 e. The number of fused-ring (bicyclic) bond motifs is 1. The van der Waals surface area contributed by atoms with Gasteiger partial charge in [0.1, 0.15) is 0 Å². The summed E-state index contributed by atoms with van der Waals surface area (Å²) in [4.78, 5) is 17.8. The van der Waals surface area contributed by atoms with E-state index in [0.29, 0.717) is 24.3 Å². The van der Waals surface area contributed by atoms with Crippen molar-refractivity contribution in [2.24, 2.45) is 7.05 Å². The Kier molecular flexibility index (Phi) is 4.65. The fourth-order valence-corrected chi connectivity index (χ4v) is 3.21. The Morgan fingerprint density at radius 2 is 1.93 bits per heavy atom. The zero-order chi connectivity index (χ0) is 19.7. The van der Waals surface area contributed by atoms with E-state index in [2.05, 4.69) is 15.5 Å². The second-order valence-corrected chi connectivity index (χ2v) is 6.68. The molecular weight excluding hydrogens is 352 g/mol. The highest BCUT2D eigenvalue weighted by molar-refractivity contribution is 6.06. The minimum absolute atomic E-state index is 0.150. The van der Waals surface area contributed by atoms with E-state index < -0.39 is 0 Å². The van der Waals surface area contributed by atoms with E-state index in [1.165, 1.54) is 0 Å². The summed E-state index contributed by atoms with van der Waals surface area (Å²) in [6.07, 6.45) is 3.49. The molecule has 28 heavy (non-hydrogen) atoms. The van der Waals surface area contributed by atoms with Gasteiger partial charge in [0.2, 0.25) is 0 Å². The maximum atomic E-state index is 13.0. The number of carbonyl (C=O) groups is 1. The number of rotatable bonds is 5. The van der Waals surface area contributed by atoms with E-state index in [1.807, 2.05) is 62.0 Å². The molecule has 0 atom stereocenters. The first-order valence-corrected chi connectivity index (χ1v) is 9.26. The Hall–Kier alpha value is -3.48. The predicted octanol–water partition coefficient (Wildman–Crippen LogP) is 3.09. The van der Waals surface area contributed by atoms with Crippen molar-refractivity contribution in [3.05, 3.63) is 65.6 Å². The molecule has 0 unspecified atom stereocenters. The van der Waals surface area contributed by atoms with Gasteiger partial charge in [-0.1, -0.05) is 30.3 Å². The van der Waals surface area contributed by atoms with Gasteiger partial charge in [-0.3, -0.25) is 9.48 Å². The molecule has 1 N–H and O–H groups in total. The minimum atomic E-state index is -0.150. The highest BCUT2D eigenvalue weighted by atomic mass is 16.1. The van der Waals surface area contributed by atoms with Crippen LogP contribution in [0, 0.1) is 6.92 Å². The van der Waals surface area contributed by atoms with Crippen molar-refractivity contribution in [2.75, 3.05) is 0 Å². The number of hydrogen-bond donors (Lipinski definition) is 1. The van der Waals surface area contributed by atoms with Crippen LogP contribution in [0.15, 0.2) is 48.8 Å². The maximum absolute atomic E-state index is 13.0. The molecule has 0 saturated carbocycles. The second-order valence-electron chi connectivity index (χ2n) is 6.68. The first-order valence-electron chi connectivity index (χ1n) is 9.26. The van der Waals surface area contributed by atoms with Crippen LogP contribution >= 0.6 is 0 Å². The quantitative estimate of drug-likeness (QED) is 0.582. The fraction of sp³-hybridized carbons (Fsp3) is 0.238. The number of aryl methyl sites for hydroxylation is 2. The van der Waals surface area contributed by atoms with Gasteiger partial charge >= 0.3 is 0 Å². The summed E-state index contributed by atoms with van der Waals surface area (Å²) >= 11 is 0. The van der Waals surface area contributed by atoms with Crippen LogP contribution < -0.4 is 5.32 Å². The van der Waals surface area contributed by atoms with E-state index in [1.54, 1.807) is 17.1 Å². The van der Waals surface area contributed by atoms with E-state index >= 15 is 0 Å². The lowest BCUT2D eigenvalue weighted by Gasteiger charge is -2.09. The lowest BCUT2D eigenvalue weighted by molar-refractivity contribution is 0.0952. The molecule has 1 aromatic carbocycles. The van der Waals surface area contributed by atoms with E-state index in [4.69, 9.17) is 4.98 Å². The van der Waals surface area contributed by atoms with Crippen molar-refractivity contribution >= 4 is 16.9 Å². The zero-order valence-corrected chi connectivity index (χ0v) is 16.2. The third kappa shape index (κ3) is 3.15. The number of hydrogen-bond acceptors (Lipinski definition) is 4. The molecule has 0 aliphatic rings. The molecule has 3 heterocycles. The minimum Gasteiger partial charge on any atom is -0.348 e. The van der Waals surface area contributed by atoms with Crippen molar-refractivity contribution in [1.82, 2.24) is 29.9 Å². The summed E-state index contributed by atoms with van der Waals surface area (Å²) in [5.41, 5.74) is 5.03. The molecule has 7 heteroatoms. The Bertz CT molecular complexity index is 1140. The van der Waals surface area contributed by atoms with Gasteiger partial charge in [-0.2, -0.15) is 10.2 Å². The normalized spacial score (nSPS) is 11.1. The molecule has 0 bridgehead atoms. The summed E-state index contributed by atoms with van der Waals surface area (Å²) in [6.45, 7) is 5.10. The monoisotopic (exact) mass is 374 g/mol. The molecule has 1 amide bonds. The highest BCUT2D eigenvalue weighted by Crippen LogP contribution is 2.25. The Morgan fingerprint density at radius 1 is 1.14 bits per heavy atom. The number of pyridine rings is 1. The topological polar surface area (TPSA) is 77.6 Å². The van der Waals surface area contributed by atoms with Crippen molar-refractivity contribution in [3.8, 4) is 11.3 Å². The molecule has 4 aromatic rings. The van der Waals surface area contributed by atoms with Crippen LogP contribution in [-0.2, 0) is 20.1 Å². The van der Waals surface area contributed by atoms with E-state index in [-0.39, 0.29) is 5.91 Å². The van der Waals surface area contributed by atoms with Gasteiger partial charge in [0.05, 0.1) is 29.0 Å². The average molecular weight is 374 g/mol. The van der Waals surface area contributed by atoms with Gasteiger partial charge in [-0.15, -0.1) is 0 Å². The van der Waals surface area contributed by atoms with Crippen molar-refractivity contribution in [2.45, 2.75) is 26.9 Å². The van der Waals surface area contributed by atoms with Crippen LogP contribution in [0.2, 0.25) is 0 Å². The molecule has 4 rings (SSSR count). The number of amides is 1. The Morgan fingerprint density at radius 3 is 2.61 bits per heavy atom. The Balaban J connectivity index is 1.73. The standard InChI is InChI=1S/C21H22N6O/c1-4-27-20-18(13-24-27)17(10-19(25-20)15-8-6-5-7-9-15)21(28)22-11-16-12-23-26(3)14(16)2/h5-10,12-13H,4,11H2,1-3H3,(H,22,28). The van der Waals surface area contributed by atoms with Crippen molar-refractivity contribution < 1.29 is 4.79 Å². The molecule has 0 spiro atoms. The summed E-state index contributed by atoms with van der Waals surface area (Å²) in [5.74, 6) is -0.150. The van der Waals surface area contributed by atoms with Gasteiger partial charge in [-0.25, -0.2) is 9.67 Å². The number of nitrogens with zero attached hydrogens (tertiary/aromatic N) is 5. The highest BCUT2D eigenvalue weighted by Gasteiger charge is 2.17. The van der Waals surface area contributed by atoms with Gasteiger partial charge in [0.15, 0.2) is 5.65 Å². The largest absolute Gasteiger partial charge is 0.348 e. The molecule has 0 fully saturated rings. The molecule has 3 aromatic heterocycles. The van der Waals surface area contributed by atoms with Crippen LogP contribution in [0.3, 0.4) is 0 Å². The van der Waals surface area contributed by atoms with Crippen LogP contribution in [0.25, 0.3) is 22.3 Å². The summed E-state index contributed by atoms with van der Waals surface area (Å²) in [6, 6.07) is 11.7. The lowest BCUT2D eigenvalue weighted by Crippen LogP contribution is -2.23. The van der Waals surface area contributed by atoms with Crippen LogP contribution in [0.4, 0.5) is 0 Å². The molecule has 0 radical (unpaired) electrons. The third-order valence-corrected chi connectivity index (χ3v) is 5.00. The number of nitrogens with one attached hydrogen (secondary N) is 1. The lowest BCUT2D eigenvalue weighted by atomic mass is 10.1. The SMILES string of the molecule is CCn1ncc2c(C(=O)NCc3cnn(C)c3C)cc(-c3ccccc3)nc21. The fourth-order valence-electron chi connectivity index (χ4n) is 3.21. The first-order chi connectivity index (χ1) is 13.6. The van der Waals surface area contributed by atoms with E-state index in [0.717, 1.165) is 27.9 Å². The Labute approximate surface area is 163 Å². The summed E-state index contributed by atoms with van der Waals surface area (Å²) in [7, 11) is 1.89. The first kappa shape index (κ1) is 17.9. The molecule has 7 nitrogen and oxygen atoms in total. The van der Waals surface area contributed by atoms with Gasteiger partial charge in [0, 0.05) is 37.0 Å². The number of aromatic nitrogens is 5.